The molecule has 1 aromatic heterocycles. The fourth-order valence-corrected chi connectivity index (χ4v) is 4.65. The van der Waals surface area contributed by atoms with Gasteiger partial charge in [-0.05, 0) is 53.2 Å². The van der Waals surface area contributed by atoms with Crippen molar-refractivity contribution in [3.63, 3.8) is 0 Å². The third kappa shape index (κ3) is 4.97. The monoisotopic (exact) mass is 408 g/mol. The van der Waals surface area contributed by atoms with Gasteiger partial charge in [-0.15, -0.1) is 11.8 Å². The van der Waals surface area contributed by atoms with Gasteiger partial charge in [0, 0.05) is 5.75 Å². The van der Waals surface area contributed by atoms with Gasteiger partial charge in [0.1, 0.15) is 6.54 Å². The highest BCUT2D eigenvalue weighted by Crippen LogP contribution is 2.13. The number of rotatable bonds is 7. The molecule has 7 nitrogen and oxygen atoms in total. The van der Waals surface area contributed by atoms with Crippen LogP contribution in [0.1, 0.15) is 25.3 Å². The average molecular weight is 409 g/mol. The van der Waals surface area contributed by atoms with Crippen LogP contribution >= 0.6 is 24.0 Å². The zero-order valence-corrected chi connectivity index (χ0v) is 17.4. The maximum Gasteiger partial charge on any atom is 0.324 e. The summed E-state index contributed by atoms with van der Waals surface area (Å²) >= 11 is 7.22. The van der Waals surface area contributed by atoms with Crippen molar-refractivity contribution in [2.45, 2.75) is 38.1 Å². The first-order chi connectivity index (χ1) is 13.1. The lowest BCUT2D eigenvalue weighted by Gasteiger charge is -2.27. The Balaban J connectivity index is 1.68. The van der Waals surface area contributed by atoms with E-state index in [9.17, 15) is 4.79 Å². The molecule has 1 aromatic carbocycles. The minimum Gasteiger partial charge on any atom is -0.468 e. The van der Waals surface area contributed by atoms with Crippen molar-refractivity contribution in [3.05, 3.63) is 34.6 Å². The molecule has 1 aliphatic rings. The van der Waals surface area contributed by atoms with Crippen molar-refractivity contribution in [1.29, 1.82) is 0 Å². The smallest absolute Gasteiger partial charge is 0.324 e. The van der Waals surface area contributed by atoms with Crippen molar-refractivity contribution in [1.82, 2.24) is 19.8 Å². The van der Waals surface area contributed by atoms with E-state index < -0.39 is 0 Å². The van der Waals surface area contributed by atoms with Crippen LogP contribution in [0, 0.1) is 4.77 Å². The molecule has 2 atom stereocenters. The Hall–Kier alpha value is -1.71. The van der Waals surface area contributed by atoms with E-state index in [-0.39, 0.29) is 11.2 Å². The number of hydrogen-bond acceptors (Lipinski definition) is 6. The van der Waals surface area contributed by atoms with Crippen molar-refractivity contribution in [2.75, 3.05) is 26.0 Å². The molecule has 2 aromatic rings. The van der Waals surface area contributed by atoms with Gasteiger partial charge in [-0.3, -0.25) is 4.79 Å². The number of carbonyl (C=O) groups is 1. The van der Waals surface area contributed by atoms with Crippen LogP contribution in [0.5, 0.6) is 0 Å². The number of hydrogen-bond donors (Lipinski definition) is 1. The number of nitrogens with one attached hydrogen (secondary N) is 1. The van der Waals surface area contributed by atoms with Gasteiger partial charge in [-0.2, -0.15) is 9.36 Å². The lowest BCUT2D eigenvalue weighted by atomic mass is 10.1. The molecular weight excluding hydrogens is 382 g/mol. The number of aromatic nitrogens is 4. The van der Waals surface area contributed by atoms with Crippen molar-refractivity contribution in [2.24, 2.45) is 0 Å². The van der Waals surface area contributed by atoms with Gasteiger partial charge in [0.05, 0.1) is 19.3 Å². The highest BCUT2D eigenvalue weighted by atomic mass is 32.2. The molecule has 1 fully saturated rings. The number of esters is 1. The SMILES string of the molecule is CCCCc1ccc(-n2nnn(C[NH+]3CCS[C@@H](C(=O)OC)C3)c2=S)cc1. The van der Waals surface area contributed by atoms with E-state index >= 15 is 0 Å². The lowest BCUT2D eigenvalue weighted by Crippen LogP contribution is -3.14. The highest BCUT2D eigenvalue weighted by molar-refractivity contribution is 8.00. The quantitative estimate of drug-likeness (QED) is 0.550. The first-order valence-corrected chi connectivity index (χ1v) is 10.7. The van der Waals surface area contributed by atoms with Gasteiger partial charge in [-0.1, -0.05) is 25.5 Å². The Morgan fingerprint density at radius 3 is 2.85 bits per heavy atom. The maximum atomic E-state index is 11.8. The Labute approximate surface area is 168 Å². The van der Waals surface area contributed by atoms with Crippen LogP contribution in [0.15, 0.2) is 24.3 Å². The van der Waals surface area contributed by atoms with Gasteiger partial charge >= 0.3 is 5.97 Å². The Bertz CT molecular complexity index is 818. The van der Waals surface area contributed by atoms with E-state index in [2.05, 4.69) is 29.5 Å². The highest BCUT2D eigenvalue weighted by Gasteiger charge is 2.30. The van der Waals surface area contributed by atoms with Crippen LogP contribution < -0.4 is 4.90 Å². The minimum absolute atomic E-state index is 0.126. The third-order valence-corrected chi connectivity index (χ3v) is 6.31. The standard InChI is InChI=1S/C18H25N5O2S2/c1-3-4-5-14-6-8-15(9-7-14)23-18(26)22(19-20-23)13-21-10-11-27-16(12-21)17(24)25-2/h6-9,16H,3-5,10-13H2,1-2H3/p+1/t16-/m1/s1. The fraction of sp³-hybridized carbons (Fsp3) is 0.556. The van der Waals surface area contributed by atoms with Crippen LogP contribution in [0.4, 0.5) is 0 Å². The average Bonchev–Trinajstić information content (AvgIpc) is 3.06. The Morgan fingerprint density at radius 1 is 1.37 bits per heavy atom. The van der Waals surface area contributed by atoms with Crippen molar-refractivity contribution < 1.29 is 14.4 Å². The molecule has 1 unspecified atom stereocenters. The summed E-state index contributed by atoms with van der Waals surface area (Å²) < 4.78 is 8.87. The first-order valence-electron chi connectivity index (χ1n) is 9.27. The van der Waals surface area contributed by atoms with E-state index in [0.29, 0.717) is 18.0 Å². The summed E-state index contributed by atoms with van der Waals surface area (Å²) in [6.07, 6.45) is 3.47. The predicted molar refractivity (Wildman–Crippen MR) is 108 cm³/mol. The number of aryl methyl sites for hydroxylation is 1. The Kier molecular flexibility index (Phi) is 7.03. The minimum atomic E-state index is -0.160. The molecule has 3 rings (SSSR count). The number of ether oxygens (including phenoxy) is 1. The lowest BCUT2D eigenvalue weighted by molar-refractivity contribution is -0.921. The summed E-state index contributed by atoms with van der Waals surface area (Å²) in [6, 6.07) is 8.33. The molecule has 1 N–H and O–H groups in total. The molecular formula is C18H26N5O2S2+. The van der Waals surface area contributed by atoms with Gasteiger partial charge in [-0.25, -0.2) is 0 Å². The molecule has 0 aliphatic carbocycles. The third-order valence-electron chi connectivity index (χ3n) is 4.73. The van der Waals surface area contributed by atoms with Crippen molar-refractivity contribution in [3.8, 4) is 5.69 Å². The van der Waals surface area contributed by atoms with E-state index in [4.69, 9.17) is 17.0 Å². The number of methoxy groups -OCH3 is 1. The molecule has 146 valence electrons. The van der Waals surface area contributed by atoms with E-state index in [0.717, 1.165) is 24.4 Å². The van der Waals surface area contributed by atoms with Gasteiger partial charge in [0.25, 0.3) is 0 Å². The number of carbonyl (C=O) groups excluding carboxylic acids is 1. The summed E-state index contributed by atoms with van der Waals surface area (Å²) in [5, 5.41) is 8.33. The molecule has 0 radical (unpaired) electrons. The van der Waals surface area contributed by atoms with Crippen LogP contribution in [-0.4, -0.2) is 57.0 Å². The maximum absolute atomic E-state index is 11.8. The summed E-state index contributed by atoms with van der Waals surface area (Å²) in [7, 11) is 1.44. The number of nitrogens with zero attached hydrogens (tertiary/aromatic N) is 4. The van der Waals surface area contributed by atoms with Gasteiger partial charge < -0.3 is 9.64 Å². The molecule has 9 heteroatoms. The topological polar surface area (TPSA) is 66.4 Å². The van der Waals surface area contributed by atoms with Gasteiger partial charge in [0.15, 0.2) is 11.9 Å². The van der Waals surface area contributed by atoms with Gasteiger partial charge in [0.2, 0.25) is 4.77 Å². The van der Waals surface area contributed by atoms with Crippen LogP contribution in [0.2, 0.25) is 0 Å². The van der Waals surface area contributed by atoms with Crippen molar-refractivity contribution >= 4 is 29.9 Å². The zero-order valence-electron chi connectivity index (χ0n) is 15.8. The summed E-state index contributed by atoms with van der Waals surface area (Å²) in [5.74, 6) is 0.753. The number of tetrazole rings is 1. The normalized spacial score (nSPS) is 19.8. The number of unbranched alkanes of at least 4 members (excludes halogenated alkanes) is 1. The fourth-order valence-electron chi connectivity index (χ4n) is 3.13. The van der Waals surface area contributed by atoms with E-state index in [1.54, 1.807) is 21.1 Å². The second-order valence-electron chi connectivity index (χ2n) is 6.69. The molecule has 1 aliphatic heterocycles. The molecule has 1 saturated heterocycles. The van der Waals surface area contributed by atoms with Crippen LogP contribution in [-0.2, 0) is 22.6 Å². The molecule has 27 heavy (non-hydrogen) atoms. The van der Waals surface area contributed by atoms with Crippen LogP contribution in [0.3, 0.4) is 0 Å². The summed E-state index contributed by atoms with van der Waals surface area (Å²) in [6.45, 7) is 4.46. The first kappa shape index (κ1) is 20.0. The van der Waals surface area contributed by atoms with E-state index in [1.165, 1.54) is 30.4 Å². The summed E-state index contributed by atoms with van der Waals surface area (Å²) in [4.78, 5) is 13.1. The van der Waals surface area contributed by atoms with Crippen LogP contribution in [0.25, 0.3) is 5.69 Å². The zero-order chi connectivity index (χ0) is 19.2. The van der Waals surface area contributed by atoms with E-state index in [1.807, 2.05) is 12.1 Å². The second-order valence-corrected chi connectivity index (χ2v) is 8.36. The molecule has 2 heterocycles. The molecule has 0 saturated carbocycles. The predicted octanol–water partition coefficient (Wildman–Crippen LogP) is 1.27. The second kappa shape index (κ2) is 9.48. The number of thioether (sulfide) groups is 1. The molecule has 0 spiro atoms. The molecule has 0 amide bonds. The summed E-state index contributed by atoms with van der Waals surface area (Å²) in [5.41, 5.74) is 2.24. The number of benzene rings is 1. The molecule has 0 bridgehead atoms. The Morgan fingerprint density at radius 2 is 2.15 bits per heavy atom. The number of quaternary nitrogens is 1. The largest absolute Gasteiger partial charge is 0.468 e.